The summed E-state index contributed by atoms with van der Waals surface area (Å²) in [4.78, 5) is 28.2. The van der Waals surface area contributed by atoms with Gasteiger partial charge in [-0.15, -0.1) is 0 Å². The van der Waals surface area contributed by atoms with Crippen LogP contribution in [0.5, 0.6) is 0 Å². The Morgan fingerprint density at radius 1 is 1.42 bits per heavy atom. The summed E-state index contributed by atoms with van der Waals surface area (Å²) in [5.41, 5.74) is 1.47. The molecule has 2 aromatic rings. The van der Waals surface area contributed by atoms with Crippen LogP contribution < -0.4 is 5.32 Å². The predicted molar refractivity (Wildman–Crippen MR) is 71.8 cm³/mol. The van der Waals surface area contributed by atoms with Crippen LogP contribution in [-0.2, 0) is 4.79 Å². The van der Waals surface area contributed by atoms with E-state index >= 15 is 0 Å². The molecule has 1 fully saturated rings. The minimum atomic E-state index is -0.163. The summed E-state index contributed by atoms with van der Waals surface area (Å²) < 4.78 is 0. The van der Waals surface area contributed by atoms with Gasteiger partial charge in [-0.2, -0.15) is 0 Å². The van der Waals surface area contributed by atoms with Crippen LogP contribution >= 0.6 is 0 Å². The average Bonchev–Trinajstić information content (AvgIpc) is 2.93. The zero-order chi connectivity index (χ0) is 13.4. The maximum absolute atomic E-state index is 12.1. The summed E-state index contributed by atoms with van der Waals surface area (Å²) in [6, 6.07) is 9.46. The number of aromatic nitrogens is 1. The van der Waals surface area contributed by atoms with Crippen LogP contribution in [0.25, 0.3) is 10.9 Å². The summed E-state index contributed by atoms with van der Waals surface area (Å²) in [7, 11) is 1.75. The van der Waals surface area contributed by atoms with E-state index in [1.807, 2.05) is 30.3 Å². The molecule has 98 valence electrons. The van der Waals surface area contributed by atoms with Gasteiger partial charge in [0.2, 0.25) is 5.91 Å². The molecule has 5 nitrogen and oxygen atoms in total. The van der Waals surface area contributed by atoms with Crippen LogP contribution in [0.15, 0.2) is 30.3 Å². The number of benzene rings is 1. The predicted octanol–water partition coefficient (Wildman–Crippen LogP) is 1.13. The van der Waals surface area contributed by atoms with Crippen molar-refractivity contribution in [1.82, 2.24) is 15.2 Å². The third-order valence-corrected chi connectivity index (χ3v) is 3.45. The van der Waals surface area contributed by atoms with Crippen molar-refractivity contribution in [2.75, 3.05) is 13.6 Å². The Labute approximate surface area is 110 Å². The number of para-hydroxylation sites is 1. The van der Waals surface area contributed by atoms with Crippen molar-refractivity contribution in [1.29, 1.82) is 0 Å². The Morgan fingerprint density at radius 2 is 2.21 bits per heavy atom. The van der Waals surface area contributed by atoms with Crippen molar-refractivity contribution < 1.29 is 9.59 Å². The number of likely N-dealkylation sites (N-methyl/N-ethyl adjacent to an activating group) is 1. The first-order chi connectivity index (χ1) is 9.13. The number of rotatable bonds is 2. The van der Waals surface area contributed by atoms with E-state index in [0.29, 0.717) is 18.7 Å². The van der Waals surface area contributed by atoms with Gasteiger partial charge >= 0.3 is 0 Å². The van der Waals surface area contributed by atoms with Crippen molar-refractivity contribution in [2.24, 2.45) is 0 Å². The third kappa shape index (κ3) is 2.19. The fourth-order valence-electron chi connectivity index (χ4n) is 2.42. The van der Waals surface area contributed by atoms with Gasteiger partial charge in [0.1, 0.15) is 5.69 Å². The van der Waals surface area contributed by atoms with E-state index in [1.54, 1.807) is 11.9 Å². The van der Waals surface area contributed by atoms with E-state index in [9.17, 15) is 9.59 Å². The number of carbonyl (C=O) groups is 2. The number of likely N-dealkylation sites (tertiary alicyclic amines) is 1. The Balaban J connectivity index is 1.75. The molecule has 1 aliphatic rings. The van der Waals surface area contributed by atoms with Gasteiger partial charge in [0.05, 0.1) is 6.04 Å². The van der Waals surface area contributed by atoms with Gasteiger partial charge in [-0.25, -0.2) is 0 Å². The summed E-state index contributed by atoms with van der Waals surface area (Å²) in [6.45, 7) is 0.574. The number of hydrogen-bond acceptors (Lipinski definition) is 2. The zero-order valence-corrected chi connectivity index (χ0v) is 10.6. The number of amides is 2. The van der Waals surface area contributed by atoms with Crippen LogP contribution in [0.3, 0.4) is 0 Å². The summed E-state index contributed by atoms with van der Waals surface area (Å²) in [5, 5.41) is 3.89. The molecule has 1 atom stereocenters. The van der Waals surface area contributed by atoms with Gasteiger partial charge < -0.3 is 15.2 Å². The van der Waals surface area contributed by atoms with E-state index in [0.717, 1.165) is 10.9 Å². The average molecular weight is 257 g/mol. The molecule has 0 aliphatic carbocycles. The number of nitrogens with one attached hydrogen (secondary N) is 2. The molecule has 3 rings (SSSR count). The lowest BCUT2D eigenvalue weighted by molar-refractivity contribution is -0.126. The Bertz CT molecular complexity index is 614. The standard InChI is InChI=1S/C14H15N3O2/c1-17-8-10(7-13(17)18)15-14(19)12-6-9-4-2-3-5-11(9)16-12/h2-6,10,16H,7-8H2,1H3,(H,15,19). The van der Waals surface area contributed by atoms with Crippen LogP contribution in [0, 0.1) is 0 Å². The lowest BCUT2D eigenvalue weighted by Gasteiger charge is -2.11. The normalized spacial score (nSPS) is 19.1. The zero-order valence-electron chi connectivity index (χ0n) is 10.6. The van der Waals surface area contributed by atoms with Gasteiger partial charge in [0.25, 0.3) is 5.91 Å². The fraction of sp³-hybridized carbons (Fsp3) is 0.286. The highest BCUT2D eigenvalue weighted by atomic mass is 16.2. The molecule has 2 N–H and O–H groups in total. The fourth-order valence-corrected chi connectivity index (χ4v) is 2.42. The number of nitrogens with zero attached hydrogens (tertiary/aromatic N) is 1. The molecule has 0 radical (unpaired) electrons. The smallest absolute Gasteiger partial charge is 0.268 e. The first-order valence-corrected chi connectivity index (χ1v) is 6.26. The molecule has 19 heavy (non-hydrogen) atoms. The van der Waals surface area contributed by atoms with Crippen LogP contribution in [-0.4, -0.2) is 41.3 Å². The highest BCUT2D eigenvalue weighted by molar-refractivity contribution is 5.98. The van der Waals surface area contributed by atoms with Crippen molar-refractivity contribution in [3.05, 3.63) is 36.0 Å². The molecule has 2 heterocycles. The highest BCUT2D eigenvalue weighted by Crippen LogP contribution is 2.15. The van der Waals surface area contributed by atoms with Crippen LogP contribution in [0.4, 0.5) is 0 Å². The second kappa shape index (κ2) is 4.42. The molecule has 0 spiro atoms. The molecule has 2 amide bonds. The van der Waals surface area contributed by atoms with Crippen LogP contribution in [0.1, 0.15) is 16.9 Å². The summed E-state index contributed by atoms with van der Waals surface area (Å²) in [6.07, 6.45) is 0.377. The molecule has 0 saturated carbocycles. The molecule has 0 bridgehead atoms. The van der Waals surface area contributed by atoms with Crippen molar-refractivity contribution in [3.8, 4) is 0 Å². The van der Waals surface area contributed by atoms with Crippen molar-refractivity contribution >= 4 is 22.7 Å². The number of carbonyl (C=O) groups excluding carboxylic acids is 2. The molecule has 5 heteroatoms. The highest BCUT2D eigenvalue weighted by Gasteiger charge is 2.28. The first kappa shape index (κ1) is 11.8. The number of fused-ring (bicyclic) bond motifs is 1. The molecule has 1 aromatic heterocycles. The maximum Gasteiger partial charge on any atom is 0.268 e. The monoisotopic (exact) mass is 257 g/mol. The minimum absolute atomic E-state index is 0.0712. The Kier molecular flexibility index (Phi) is 2.74. The largest absolute Gasteiger partial charge is 0.351 e. The van der Waals surface area contributed by atoms with E-state index in [1.165, 1.54) is 0 Å². The first-order valence-electron chi connectivity index (χ1n) is 6.26. The summed E-state index contributed by atoms with van der Waals surface area (Å²) in [5.74, 6) is -0.0914. The van der Waals surface area contributed by atoms with E-state index in [2.05, 4.69) is 10.3 Å². The van der Waals surface area contributed by atoms with Gasteiger partial charge in [0.15, 0.2) is 0 Å². The Morgan fingerprint density at radius 3 is 2.89 bits per heavy atom. The number of hydrogen-bond donors (Lipinski definition) is 2. The lowest BCUT2D eigenvalue weighted by atomic mass is 10.2. The van der Waals surface area contributed by atoms with Crippen molar-refractivity contribution in [2.45, 2.75) is 12.5 Å². The topological polar surface area (TPSA) is 65.2 Å². The Hall–Kier alpha value is -2.30. The lowest BCUT2D eigenvalue weighted by Crippen LogP contribution is -2.36. The second-order valence-corrected chi connectivity index (χ2v) is 4.92. The quantitative estimate of drug-likeness (QED) is 0.847. The van der Waals surface area contributed by atoms with Crippen molar-refractivity contribution in [3.63, 3.8) is 0 Å². The second-order valence-electron chi connectivity index (χ2n) is 4.92. The van der Waals surface area contributed by atoms with E-state index < -0.39 is 0 Å². The minimum Gasteiger partial charge on any atom is -0.351 e. The molecular formula is C14H15N3O2. The summed E-state index contributed by atoms with van der Waals surface area (Å²) >= 11 is 0. The van der Waals surface area contributed by atoms with E-state index in [-0.39, 0.29) is 17.9 Å². The molecule has 1 aromatic carbocycles. The van der Waals surface area contributed by atoms with Gasteiger partial charge in [-0.1, -0.05) is 18.2 Å². The van der Waals surface area contributed by atoms with E-state index in [4.69, 9.17) is 0 Å². The van der Waals surface area contributed by atoms with Gasteiger partial charge in [-0.3, -0.25) is 9.59 Å². The molecule has 1 unspecified atom stereocenters. The van der Waals surface area contributed by atoms with Crippen LogP contribution in [0.2, 0.25) is 0 Å². The SMILES string of the molecule is CN1CC(NC(=O)c2cc3ccccc3[nH]2)CC1=O. The number of H-pyrrole nitrogens is 1. The molecule has 1 aliphatic heterocycles. The third-order valence-electron chi connectivity index (χ3n) is 3.45. The molecule has 1 saturated heterocycles. The van der Waals surface area contributed by atoms with Gasteiger partial charge in [-0.05, 0) is 12.1 Å². The maximum atomic E-state index is 12.1. The van der Waals surface area contributed by atoms with Gasteiger partial charge in [0, 0.05) is 30.9 Å². The molecular weight excluding hydrogens is 242 g/mol. The number of aromatic amines is 1.